The lowest BCUT2D eigenvalue weighted by atomic mass is 9.89. The molecule has 0 radical (unpaired) electrons. The topological polar surface area (TPSA) is 93.1 Å². The van der Waals surface area contributed by atoms with E-state index in [0.717, 1.165) is 5.56 Å². The molecule has 0 amide bonds. The zero-order valence-electron chi connectivity index (χ0n) is 13.6. The Balaban J connectivity index is 2.02. The summed E-state index contributed by atoms with van der Waals surface area (Å²) in [5.41, 5.74) is 0.721. The SMILES string of the molecule is COCc1ccc(OC)c(S(=O)(=O)N2C3CCC2C(C(=O)O)C3)c1. The van der Waals surface area contributed by atoms with Crippen molar-refractivity contribution in [3.8, 4) is 5.75 Å². The number of hydrogen-bond donors (Lipinski definition) is 1. The molecule has 2 bridgehead atoms. The largest absolute Gasteiger partial charge is 0.495 e. The predicted octanol–water partition coefficient (Wildman–Crippen LogP) is 1.47. The van der Waals surface area contributed by atoms with E-state index in [0.29, 0.717) is 19.3 Å². The van der Waals surface area contributed by atoms with Crippen LogP contribution in [-0.2, 0) is 26.2 Å². The molecule has 132 valence electrons. The van der Waals surface area contributed by atoms with Crippen LogP contribution >= 0.6 is 0 Å². The van der Waals surface area contributed by atoms with Gasteiger partial charge in [-0.25, -0.2) is 8.42 Å². The molecule has 1 N–H and O–H groups in total. The van der Waals surface area contributed by atoms with Crippen molar-refractivity contribution in [1.29, 1.82) is 0 Å². The highest BCUT2D eigenvalue weighted by atomic mass is 32.2. The third-order valence-electron chi connectivity index (χ3n) is 4.88. The first-order valence-electron chi connectivity index (χ1n) is 7.82. The lowest BCUT2D eigenvalue weighted by Gasteiger charge is -2.24. The summed E-state index contributed by atoms with van der Waals surface area (Å²) in [6.07, 6.45) is 1.66. The Labute approximate surface area is 141 Å². The number of ether oxygens (including phenoxy) is 2. The van der Waals surface area contributed by atoms with Crippen LogP contribution in [0.2, 0.25) is 0 Å². The number of aliphatic carboxylic acids is 1. The van der Waals surface area contributed by atoms with Gasteiger partial charge in [0.2, 0.25) is 10.0 Å². The Morgan fingerprint density at radius 2 is 2.08 bits per heavy atom. The summed E-state index contributed by atoms with van der Waals surface area (Å²) in [7, 11) is -0.877. The van der Waals surface area contributed by atoms with Gasteiger partial charge in [0, 0.05) is 19.2 Å². The summed E-state index contributed by atoms with van der Waals surface area (Å²) < 4.78 is 38.1. The number of methoxy groups -OCH3 is 2. The first-order valence-corrected chi connectivity index (χ1v) is 9.26. The number of nitrogens with zero attached hydrogens (tertiary/aromatic N) is 1. The molecule has 2 saturated heterocycles. The second kappa shape index (κ2) is 6.34. The van der Waals surface area contributed by atoms with Crippen LogP contribution in [0, 0.1) is 5.92 Å². The maximum Gasteiger partial charge on any atom is 0.308 e. The van der Waals surface area contributed by atoms with Crippen LogP contribution in [0.25, 0.3) is 0 Å². The number of carboxylic acids is 1. The number of sulfonamides is 1. The fourth-order valence-electron chi connectivity index (χ4n) is 3.87. The average Bonchev–Trinajstić information content (AvgIpc) is 3.14. The minimum Gasteiger partial charge on any atom is -0.495 e. The maximum atomic E-state index is 13.2. The maximum absolute atomic E-state index is 13.2. The van der Waals surface area contributed by atoms with E-state index < -0.39 is 28.0 Å². The molecule has 3 rings (SSSR count). The Hall–Kier alpha value is -1.64. The molecule has 0 aromatic heterocycles. The molecule has 24 heavy (non-hydrogen) atoms. The number of carboxylic acid groups (broad SMARTS) is 1. The molecular weight excluding hydrogens is 334 g/mol. The number of fused-ring (bicyclic) bond motifs is 2. The number of hydrogen-bond acceptors (Lipinski definition) is 5. The molecule has 7 nitrogen and oxygen atoms in total. The highest BCUT2D eigenvalue weighted by Crippen LogP contribution is 2.46. The van der Waals surface area contributed by atoms with Gasteiger partial charge in [0.05, 0.1) is 19.6 Å². The van der Waals surface area contributed by atoms with E-state index in [1.165, 1.54) is 18.5 Å². The van der Waals surface area contributed by atoms with Crippen molar-refractivity contribution < 1.29 is 27.8 Å². The minimum atomic E-state index is -3.84. The van der Waals surface area contributed by atoms with E-state index >= 15 is 0 Å². The van der Waals surface area contributed by atoms with Crippen molar-refractivity contribution in [2.24, 2.45) is 5.92 Å². The molecule has 1 aromatic rings. The Kier molecular flexibility index (Phi) is 4.54. The molecule has 1 aromatic carbocycles. The van der Waals surface area contributed by atoms with Crippen molar-refractivity contribution in [3.05, 3.63) is 23.8 Å². The van der Waals surface area contributed by atoms with Crippen molar-refractivity contribution in [2.45, 2.75) is 42.8 Å². The lowest BCUT2D eigenvalue weighted by molar-refractivity contribution is -0.142. The highest BCUT2D eigenvalue weighted by molar-refractivity contribution is 7.89. The van der Waals surface area contributed by atoms with Gasteiger partial charge >= 0.3 is 5.97 Å². The molecular formula is C16H21NO6S. The lowest BCUT2D eigenvalue weighted by Crippen LogP contribution is -2.38. The smallest absolute Gasteiger partial charge is 0.308 e. The van der Waals surface area contributed by atoms with Crippen LogP contribution < -0.4 is 4.74 Å². The Morgan fingerprint density at radius 1 is 1.33 bits per heavy atom. The van der Waals surface area contributed by atoms with Gasteiger partial charge in [-0.1, -0.05) is 6.07 Å². The second-order valence-electron chi connectivity index (χ2n) is 6.23. The first kappa shape index (κ1) is 17.2. The van der Waals surface area contributed by atoms with Gasteiger partial charge in [0.1, 0.15) is 10.6 Å². The molecule has 2 aliphatic rings. The van der Waals surface area contributed by atoms with Crippen LogP contribution in [0.15, 0.2) is 23.1 Å². The number of carbonyl (C=O) groups is 1. The summed E-state index contributed by atoms with van der Waals surface area (Å²) in [5, 5.41) is 9.34. The van der Waals surface area contributed by atoms with Gasteiger partial charge in [-0.3, -0.25) is 4.79 Å². The van der Waals surface area contributed by atoms with Crippen LogP contribution in [-0.4, -0.2) is 50.1 Å². The van der Waals surface area contributed by atoms with Crippen molar-refractivity contribution >= 4 is 16.0 Å². The van der Waals surface area contributed by atoms with Crippen molar-refractivity contribution in [2.75, 3.05) is 14.2 Å². The minimum absolute atomic E-state index is 0.0717. The van der Waals surface area contributed by atoms with Gasteiger partial charge < -0.3 is 14.6 Å². The predicted molar refractivity (Wildman–Crippen MR) is 85.3 cm³/mol. The monoisotopic (exact) mass is 355 g/mol. The van der Waals surface area contributed by atoms with Gasteiger partial charge in [-0.15, -0.1) is 0 Å². The highest BCUT2D eigenvalue weighted by Gasteiger charge is 2.54. The van der Waals surface area contributed by atoms with E-state index in [1.54, 1.807) is 18.2 Å². The molecule has 3 unspecified atom stereocenters. The Bertz CT molecular complexity index is 747. The zero-order chi connectivity index (χ0) is 17.5. The van der Waals surface area contributed by atoms with Crippen molar-refractivity contribution in [1.82, 2.24) is 4.31 Å². The molecule has 0 aliphatic carbocycles. The molecule has 2 fully saturated rings. The van der Waals surface area contributed by atoms with Gasteiger partial charge in [-0.2, -0.15) is 4.31 Å². The third-order valence-corrected chi connectivity index (χ3v) is 6.88. The molecule has 3 atom stereocenters. The van der Waals surface area contributed by atoms with Crippen LogP contribution in [0.1, 0.15) is 24.8 Å². The fraction of sp³-hybridized carbons (Fsp3) is 0.562. The molecule has 0 spiro atoms. The molecule has 2 heterocycles. The summed E-state index contributed by atoms with van der Waals surface area (Å²) in [5.74, 6) is -1.30. The number of benzene rings is 1. The zero-order valence-corrected chi connectivity index (χ0v) is 14.5. The molecule has 0 saturated carbocycles. The normalized spacial score (nSPS) is 26.7. The summed E-state index contributed by atoms with van der Waals surface area (Å²) in [6.45, 7) is 0.289. The van der Waals surface area contributed by atoms with E-state index in [4.69, 9.17) is 9.47 Å². The summed E-state index contributed by atoms with van der Waals surface area (Å²) in [6, 6.07) is 4.17. The van der Waals surface area contributed by atoms with Crippen LogP contribution in [0.3, 0.4) is 0 Å². The van der Waals surface area contributed by atoms with Crippen molar-refractivity contribution in [3.63, 3.8) is 0 Å². The second-order valence-corrected chi connectivity index (χ2v) is 8.04. The van der Waals surface area contributed by atoms with E-state index in [1.807, 2.05) is 0 Å². The van der Waals surface area contributed by atoms with E-state index in [-0.39, 0.29) is 23.3 Å². The van der Waals surface area contributed by atoms with E-state index in [9.17, 15) is 18.3 Å². The van der Waals surface area contributed by atoms with Gasteiger partial charge in [0.25, 0.3) is 0 Å². The van der Waals surface area contributed by atoms with E-state index in [2.05, 4.69) is 0 Å². The first-order chi connectivity index (χ1) is 11.4. The summed E-state index contributed by atoms with van der Waals surface area (Å²) >= 11 is 0. The number of rotatable bonds is 6. The molecule has 2 aliphatic heterocycles. The quantitative estimate of drug-likeness (QED) is 0.831. The Morgan fingerprint density at radius 3 is 2.67 bits per heavy atom. The summed E-state index contributed by atoms with van der Waals surface area (Å²) in [4.78, 5) is 11.5. The van der Waals surface area contributed by atoms with Gasteiger partial charge in [-0.05, 0) is 37.0 Å². The third kappa shape index (κ3) is 2.68. The standard InChI is InChI=1S/C16H21NO6S/c1-22-9-10-3-6-14(23-2)15(7-10)24(20,21)17-11-4-5-13(17)12(8-11)16(18)19/h3,6-7,11-13H,4-5,8-9H2,1-2H3,(H,18,19). The molecule has 8 heteroatoms. The van der Waals surface area contributed by atoms with Crippen LogP contribution in [0.5, 0.6) is 5.75 Å². The average molecular weight is 355 g/mol. The van der Waals surface area contributed by atoms with Gasteiger partial charge in [0.15, 0.2) is 0 Å². The van der Waals surface area contributed by atoms with Crippen LogP contribution in [0.4, 0.5) is 0 Å². The fourth-order valence-corrected chi connectivity index (χ4v) is 6.00.